The van der Waals surface area contributed by atoms with E-state index >= 15 is 0 Å². The fraction of sp³-hybridized carbons (Fsp3) is 0. The van der Waals surface area contributed by atoms with Gasteiger partial charge in [-0.1, -0.05) is 11.6 Å². The van der Waals surface area contributed by atoms with Crippen molar-refractivity contribution in [3.05, 3.63) is 29.3 Å². The molecule has 1 aromatic rings. The molecule has 0 saturated heterocycles. The van der Waals surface area contributed by atoms with Crippen molar-refractivity contribution < 1.29 is 0 Å². The average molecular weight is 191 g/mol. The third-order valence-electron chi connectivity index (χ3n) is 0.827. The van der Waals surface area contributed by atoms with Gasteiger partial charge in [-0.15, -0.1) is 12.6 Å². The van der Waals surface area contributed by atoms with Crippen LogP contribution in [0, 0.1) is 0 Å². The summed E-state index contributed by atoms with van der Waals surface area (Å²) in [6.07, 6.45) is 0. The molecule has 44 valence electrons. The van der Waals surface area contributed by atoms with Crippen LogP contribution in [0.1, 0.15) is 0 Å². The van der Waals surface area contributed by atoms with E-state index in [1.54, 1.807) is 0 Å². The summed E-state index contributed by atoms with van der Waals surface area (Å²) in [5.74, 6) is 0. The third-order valence-corrected chi connectivity index (χ3v) is 1.38. The van der Waals surface area contributed by atoms with Gasteiger partial charge in [0.2, 0.25) is 0 Å². The Morgan fingerprint density at radius 2 is 1.40 bits per heavy atom. The van der Waals surface area contributed by atoms with Crippen LogP contribution in [0.25, 0.3) is 0 Å². The summed E-state index contributed by atoms with van der Waals surface area (Å²) in [4.78, 5) is 0.939. The van der Waals surface area contributed by atoms with Crippen molar-refractivity contribution in [2.75, 3.05) is 0 Å². The molecule has 0 aliphatic rings. The summed E-state index contributed by atoms with van der Waals surface area (Å²) in [7, 11) is 0. The first-order chi connectivity index (χ1) is 3.79. The normalized spacial score (nSPS) is 7.40. The minimum Gasteiger partial charge on any atom is -0.143 e. The first-order valence-corrected chi connectivity index (χ1v) is 3.06. The van der Waals surface area contributed by atoms with E-state index in [0.29, 0.717) is 0 Å². The molecule has 1 rings (SSSR count). The molecular weight excluding hydrogens is 186 g/mol. The van der Waals surface area contributed by atoms with Gasteiger partial charge in [0.15, 0.2) is 0 Å². The summed E-state index contributed by atoms with van der Waals surface area (Å²) in [5.41, 5.74) is 0. The average Bonchev–Trinajstić information content (AvgIpc) is 1.77. The van der Waals surface area contributed by atoms with Crippen LogP contribution in [0.2, 0.25) is 5.02 Å². The Bertz CT molecular complexity index is 155. The van der Waals surface area contributed by atoms with Crippen LogP contribution in [0.3, 0.4) is 0 Å². The largest absolute Gasteiger partial charge is 0.143 e. The molecule has 0 amide bonds. The van der Waals surface area contributed by atoms with Gasteiger partial charge in [-0.05, 0) is 24.3 Å². The van der Waals surface area contributed by atoms with Crippen molar-refractivity contribution in [3.8, 4) is 0 Å². The zero-order valence-corrected chi connectivity index (χ0v) is 11.8. The van der Waals surface area contributed by atoms with Crippen LogP contribution in [0.15, 0.2) is 29.2 Å². The molecule has 2 radical (unpaired) electrons. The van der Waals surface area contributed by atoms with E-state index < -0.39 is 0 Å². The van der Waals surface area contributed by atoms with Crippen LogP contribution in [-0.4, -0.2) is 59.1 Å². The zero-order valence-electron chi connectivity index (χ0n) is 6.13. The second-order valence-electron chi connectivity index (χ2n) is 1.48. The van der Waals surface area contributed by atoms with Crippen molar-refractivity contribution >= 4 is 83.3 Å². The maximum atomic E-state index is 5.58. The van der Waals surface area contributed by atoms with E-state index in [4.69, 9.17) is 11.6 Å². The molecule has 0 atom stereocenters. The van der Waals surface area contributed by atoms with E-state index in [1.165, 1.54) is 0 Å². The molecule has 0 bridgehead atoms. The van der Waals surface area contributed by atoms with Crippen molar-refractivity contribution in [1.82, 2.24) is 0 Å². The molecule has 0 nitrogen and oxygen atoms in total. The Morgan fingerprint density at radius 1 is 1.00 bits per heavy atom. The van der Waals surface area contributed by atoms with Crippen LogP contribution in [0.5, 0.6) is 0 Å². The number of benzene rings is 1. The van der Waals surface area contributed by atoms with Crippen LogP contribution < -0.4 is 0 Å². The molecule has 0 aromatic heterocycles. The van der Waals surface area contributed by atoms with Crippen molar-refractivity contribution in [2.24, 2.45) is 0 Å². The monoisotopic (exact) mass is 190 g/mol. The Morgan fingerprint density at radius 3 is 1.70 bits per heavy atom. The van der Waals surface area contributed by atoms with Crippen LogP contribution in [0.4, 0.5) is 0 Å². The molecule has 1 aromatic carbocycles. The third kappa shape index (κ3) is 5.50. The molecule has 0 unspecified atom stereocenters. The zero-order chi connectivity index (χ0) is 5.98. The quantitative estimate of drug-likeness (QED) is 0.469. The Labute approximate surface area is 116 Å². The molecule has 0 heterocycles. The minimum absolute atomic E-state index is 0. The van der Waals surface area contributed by atoms with E-state index in [-0.39, 0.29) is 59.1 Å². The maximum Gasteiger partial charge on any atom is 0.0406 e. The number of hydrogen-bond donors (Lipinski definition) is 1. The summed E-state index contributed by atoms with van der Waals surface area (Å²) < 4.78 is 0. The second-order valence-corrected chi connectivity index (χ2v) is 2.43. The smallest absolute Gasteiger partial charge is 0.0406 e. The van der Waals surface area contributed by atoms with Crippen molar-refractivity contribution in [3.63, 3.8) is 0 Å². The predicted octanol–water partition coefficient (Wildman–Crippen LogP) is 1.87. The van der Waals surface area contributed by atoms with Crippen LogP contribution >= 0.6 is 24.2 Å². The second kappa shape index (κ2) is 7.51. The molecule has 0 N–H and O–H groups in total. The van der Waals surface area contributed by atoms with Gasteiger partial charge in [0, 0.05) is 69.0 Å². The van der Waals surface area contributed by atoms with Gasteiger partial charge < -0.3 is 0 Å². The van der Waals surface area contributed by atoms with E-state index in [1.807, 2.05) is 24.3 Å². The molecule has 0 saturated carbocycles. The van der Waals surface area contributed by atoms with Crippen molar-refractivity contribution in [1.29, 1.82) is 0 Å². The molecule has 0 spiro atoms. The summed E-state index contributed by atoms with van der Waals surface area (Å²) >= 11 is 9.65. The topological polar surface area (TPSA) is 0 Å². The summed E-state index contributed by atoms with van der Waals surface area (Å²) in [5, 5.41) is 0.753. The Kier molecular flexibility index (Phi) is 10.8. The van der Waals surface area contributed by atoms with E-state index in [2.05, 4.69) is 12.6 Å². The SMILES string of the molecule is Sc1ccc(Cl)cc1.[Na].[Na]. The van der Waals surface area contributed by atoms with Crippen LogP contribution in [-0.2, 0) is 0 Å². The predicted molar refractivity (Wildman–Crippen MR) is 50.2 cm³/mol. The van der Waals surface area contributed by atoms with Gasteiger partial charge in [-0.25, -0.2) is 0 Å². The number of thiol groups is 1. The van der Waals surface area contributed by atoms with Gasteiger partial charge in [-0.2, -0.15) is 0 Å². The van der Waals surface area contributed by atoms with Gasteiger partial charge in [-0.3, -0.25) is 0 Å². The minimum atomic E-state index is 0. The summed E-state index contributed by atoms with van der Waals surface area (Å²) in [6.45, 7) is 0. The summed E-state index contributed by atoms with van der Waals surface area (Å²) in [6, 6.07) is 7.32. The fourth-order valence-electron chi connectivity index (χ4n) is 0.441. The maximum absolute atomic E-state index is 5.58. The van der Waals surface area contributed by atoms with Gasteiger partial charge in [0.25, 0.3) is 0 Å². The van der Waals surface area contributed by atoms with Gasteiger partial charge in [0.05, 0.1) is 0 Å². The molecule has 10 heavy (non-hydrogen) atoms. The molecule has 4 heteroatoms. The molecule has 0 aliphatic heterocycles. The van der Waals surface area contributed by atoms with E-state index in [0.717, 1.165) is 9.92 Å². The van der Waals surface area contributed by atoms with Gasteiger partial charge in [0.1, 0.15) is 0 Å². The molecule has 0 aliphatic carbocycles. The fourth-order valence-corrected chi connectivity index (χ4v) is 0.716. The first kappa shape index (κ1) is 14.4. The van der Waals surface area contributed by atoms with Gasteiger partial charge >= 0.3 is 0 Å². The standard InChI is InChI=1S/C6H5ClS.2Na/c7-5-1-3-6(8)4-2-5;;/h1-4,8H;;. The Hall–Kier alpha value is 1.86. The number of hydrogen-bond acceptors (Lipinski definition) is 1. The molecule has 0 fully saturated rings. The first-order valence-electron chi connectivity index (χ1n) is 2.23. The Balaban J connectivity index is 0. The van der Waals surface area contributed by atoms with Crippen molar-refractivity contribution in [2.45, 2.75) is 4.90 Å². The van der Waals surface area contributed by atoms with E-state index in [9.17, 15) is 0 Å². The number of halogens is 1. The molecular formula is C6H5ClNa2S. The number of rotatable bonds is 0.